The van der Waals surface area contributed by atoms with Gasteiger partial charge in [0.2, 0.25) is 0 Å². The number of aliphatic hydroxyl groups is 4. The number of benzene rings is 1. The van der Waals surface area contributed by atoms with Gasteiger partial charge in [-0.25, -0.2) is 0 Å². The lowest BCUT2D eigenvalue weighted by Crippen LogP contribution is -2.62. The van der Waals surface area contributed by atoms with Crippen LogP contribution in [0.25, 0.3) is 10.4 Å². The zero-order chi connectivity index (χ0) is 22.1. The molecule has 0 unspecified atom stereocenters. The highest BCUT2D eigenvalue weighted by molar-refractivity contribution is 5.67. The summed E-state index contributed by atoms with van der Waals surface area (Å²) in [6, 6.07) is 3.51. The molecule has 12 nitrogen and oxygen atoms in total. The normalized spacial score (nSPS) is 24.3. The molecule has 0 bridgehead atoms. The summed E-state index contributed by atoms with van der Waals surface area (Å²) in [6.45, 7) is 0.963. The largest absolute Gasteiger partial charge is 0.395 e. The fourth-order valence-corrected chi connectivity index (χ4v) is 3.59. The molecule has 1 heterocycles. The molecule has 1 saturated heterocycles. The number of likely N-dealkylation sites (tertiary alicyclic amines) is 1. The summed E-state index contributed by atoms with van der Waals surface area (Å²) in [6.07, 6.45) is -0.266. The van der Waals surface area contributed by atoms with Gasteiger partial charge in [-0.15, -0.1) is 0 Å². The van der Waals surface area contributed by atoms with E-state index in [-0.39, 0.29) is 18.8 Å². The van der Waals surface area contributed by atoms with Crippen molar-refractivity contribution < 1.29 is 25.3 Å². The molecule has 30 heavy (non-hydrogen) atoms. The van der Waals surface area contributed by atoms with Gasteiger partial charge in [-0.2, -0.15) is 0 Å². The van der Waals surface area contributed by atoms with E-state index in [0.717, 1.165) is 25.7 Å². The smallest absolute Gasteiger partial charge is 0.292 e. The van der Waals surface area contributed by atoms with E-state index in [2.05, 4.69) is 15.3 Å². The number of nitro groups is 1. The van der Waals surface area contributed by atoms with Crippen LogP contribution in [0.4, 0.5) is 17.1 Å². The van der Waals surface area contributed by atoms with Crippen molar-refractivity contribution in [3.05, 3.63) is 38.8 Å². The van der Waals surface area contributed by atoms with E-state index in [9.17, 15) is 30.5 Å². The van der Waals surface area contributed by atoms with Crippen molar-refractivity contribution in [2.45, 2.75) is 50.0 Å². The maximum atomic E-state index is 11.1. The Morgan fingerprint density at radius 2 is 1.97 bits per heavy atom. The Morgan fingerprint density at radius 1 is 1.23 bits per heavy atom. The average molecular weight is 424 g/mol. The lowest BCUT2D eigenvalue weighted by atomic mass is 9.94. The van der Waals surface area contributed by atoms with E-state index < -0.39 is 29.3 Å². The van der Waals surface area contributed by atoms with Crippen molar-refractivity contribution in [2.75, 3.05) is 31.6 Å². The highest BCUT2D eigenvalue weighted by Crippen LogP contribution is 2.29. The molecule has 0 aromatic heterocycles. The van der Waals surface area contributed by atoms with Crippen molar-refractivity contribution in [1.82, 2.24) is 4.90 Å². The molecule has 1 aliphatic heterocycles. The number of hydrogen-bond acceptors (Lipinski definition) is 9. The summed E-state index contributed by atoms with van der Waals surface area (Å²) < 4.78 is 0. The molecule has 1 aromatic rings. The summed E-state index contributed by atoms with van der Waals surface area (Å²) in [5.41, 5.74) is 9.00. The fourth-order valence-electron chi connectivity index (χ4n) is 3.59. The molecule has 0 aliphatic carbocycles. The molecule has 4 atom stereocenters. The maximum Gasteiger partial charge on any atom is 0.292 e. The predicted molar refractivity (Wildman–Crippen MR) is 109 cm³/mol. The van der Waals surface area contributed by atoms with Crippen LogP contribution in [-0.4, -0.2) is 80.8 Å². The SMILES string of the molecule is [N-]=[N+]=Nc1ccc([N+](=O)[O-])c(NCCCCCCN2C[C@H](O)[C@@H](O)[C@H](O)[C@H]2CO)c1. The Balaban J connectivity index is 1.74. The van der Waals surface area contributed by atoms with Crippen molar-refractivity contribution >= 4 is 17.1 Å². The highest BCUT2D eigenvalue weighted by Gasteiger charge is 2.40. The van der Waals surface area contributed by atoms with E-state index in [1.54, 1.807) is 4.90 Å². The van der Waals surface area contributed by atoms with Crippen LogP contribution < -0.4 is 5.32 Å². The zero-order valence-electron chi connectivity index (χ0n) is 16.5. The van der Waals surface area contributed by atoms with Gasteiger partial charge >= 0.3 is 0 Å². The number of nitrogens with zero attached hydrogens (tertiary/aromatic N) is 5. The summed E-state index contributed by atoms with van der Waals surface area (Å²) in [5, 5.41) is 56.5. The van der Waals surface area contributed by atoms with Gasteiger partial charge in [0.15, 0.2) is 0 Å². The lowest BCUT2D eigenvalue weighted by molar-refractivity contribution is -0.383. The minimum absolute atomic E-state index is 0.0914. The van der Waals surface area contributed by atoms with E-state index >= 15 is 0 Å². The molecule has 1 aromatic carbocycles. The molecule has 166 valence electrons. The Bertz CT molecular complexity index is 759. The maximum absolute atomic E-state index is 11.1. The first-order valence-corrected chi connectivity index (χ1v) is 9.85. The van der Waals surface area contributed by atoms with Gasteiger partial charge in [0, 0.05) is 29.8 Å². The first kappa shape index (κ1) is 23.8. The topological polar surface area (TPSA) is 188 Å². The minimum Gasteiger partial charge on any atom is -0.395 e. The van der Waals surface area contributed by atoms with Crippen LogP contribution >= 0.6 is 0 Å². The Kier molecular flexibility index (Phi) is 9.24. The Labute approximate surface area is 173 Å². The van der Waals surface area contributed by atoms with Gasteiger partial charge in [0.05, 0.1) is 23.7 Å². The summed E-state index contributed by atoms with van der Waals surface area (Å²) in [4.78, 5) is 15.1. The molecule has 2 rings (SSSR count). The second-order valence-electron chi connectivity index (χ2n) is 7.28. The molecular formula is C18H28N6O6. The van der Waals surface area contributed by atoms with Crippen molar-refractivity contribution in [1.29, 1.82) is 0 Å². The second-order valence-corrected chi connectivity index (χ2v) is 7.28. The third kappa shape index (κ3) is 6.26. The molecule has 0 spiro atoms. The molecule has 5 N–H and O–H groups in total. The van der Waals surface area contributed by atoms with Crippen molar-refractivity contribution in [3.8, 4) is 0 Å². The van der Waals surface area contributed by atoms with Crippen LogP contribution in [0, 0.1) is 10.1 Å². The number of rotatable bonds is 11. The molecule has 0 amide bonds. The Morgan fingerprint density at radius 3 is 2.63 bits per heavy atom. The summed E-state index contributed by atoms with van der Waals surface area (Å²) in [7, 11) is 0. The third-order valence-electron chi connectivity index (χ3n) is 5.24. The van der Waals surface area contributed by atoms with Gasteiger partial charge in [-0.3, -0.25) is 15.0 Å². The number of aliphatic hydroxyl groups excluding tert-OH is 4. The van der Waals surface area contributed by atoms with Gasteiger partial charge in [0.25, 0.3) is 5.69 Å². The highest BCUT2D eigenvalue weighted by atomic mass is 16.6. The number of nitro benzene ring substituents is 1. The average Bonchev–Trinajstić information content (AvgIpc) is 2.71. The van der Waals surface area contributed by atoms with E-state index in [4.69, 9.17) is 5.53 Å². The molecule has 0 saturated carbocycles. The van der Waals surface area contributed by atoms with Crippen LogP contribution in [0.5, 0.6) is 0 Å². The Hall–Kier alpha value is -2.47. The summed E-state index contributed by atoms with van der Waals surface area (Å²) in [5.74, 6) is 0. The predicted octanol–water partition coefficient (Wildman–Crippen LogP) is 1.27. The van der Waals surface area contributed by atoms with E-state index in [0.29, 0.717) is 24.5 Å². The van der Waals surface area contributed by atoms with Crippen molar-refractivity contribution in [3.63, 3.8) is 0 Å². The number of azide groups is 1. The van der Waals surface area contributed by atoms with E-state index in [1.807, 2.05) is 0 Å². The minimum atomic E-state index is -1.26. The monoisotopic (exact) mass is 424 g/mol. The first-order valence-electron chi connectivity index (χ1n) is 9.85. The molecular weight excluding hydrogens is 396 g/mol. The lowest BCUT2D eigenvalue weighted by Gasteiger charge is -2.43. The standard InChI is InChI=1S/C18H28N6O6/c19-22-21-12-5-6-14(24(29)30)13(9-12)20-7-3-1-2-4-8-23-10-16(26)18(28)17(27)15(23)11-25/h5-6,9,15-18,20,25-28H,1-4,7-8,10-11H2/t15-,16+,17-,18-/m1/s1. The first-order chi connectivity index (χ1) is 14.4. The van der Waals surface area contributed by atoms with Crippen LogP contribution in [0.1, 0.15) is 25.7 Å². The molecule has 1 fully saturated rings. The van der Waals surface area contributed by atoms with Crippen LogP contribution in [0.3, 0.4) is 0 Å². The molecule has 1 aliphatic rings. The van der Waals surface area contributed by atoms with Crippen LogP contribution in [-0.2, 0) is 0 Å². The number of β-amino-alcohol motifs (C(OH)–C–C–N with tert-alkyl or cyclic N) is 1. The molecule has 12 heteroatoms. The second kappa shape index (κ2) is 11.6. The van der Waals surface area contributed by atoms with E-state index in [1.165, 1.54) is 18.2 Å². The quantitative estimate of drug-likeness (QED) is 0.0876. The number of piperidine rings is 1. The zero-order valence-corrected chi connectivity index (χ0v) is 16.5. The number of anilines is 1. The number of unbranched alkanes of at least 4 members (excludes halogenated alkanes) is 3. The van der Waals surface area contributed by atoms with Gasteiger partial charge in [-0.05, 0) is 37.1 Å². The fraction of sp³-hybridized carbons (Fsp3) is 0.667. The van der Waals surface area contributed by atoms with Crippen LogP contribution in [0.15, 0.2) is 23.3 Å². The number of nitrogens with one attached hydrogen (secondary N) is 1. The molecule has 0 radical (unpaired) electrons. The van der Waals surface area contributed by atoms with Gasteiger partial charge < -0.3 is 25.7 Å². The van der Waals surface area contributed by atoms with Crippen molar-refractivity contribution in [2.24, 2.45) is 5.11 Å². The third-order valence-corrected chi connectivity index (χ3v) is 5.24. The summed E-state index contributed by atoms with van der Waals surface area (Å²) >= 11 is 0. The van der Waals surface area contributed by atoms with Gasteiger partial charge in [-0.1, -0.05) is 18.0 Å². The van der Waals surface area contributed by atoms with Gasteiger partial charge in [0.1, 0.15) is 17.9 Å². The van der Waals surface area contributed by atoms with Crippen LogP contribution in [0.2, 0.25) is 0 Å². The number of hydrogen-bond donors (Lipinski definition) is 5.